The van der Waals surface area contributed by atoms with Crippen molar-refractivity contribution < 1.29 is 14.3 Å². The molecule has 1 saturated carbocycles. The molecule has 2 amide bonds. The topological polar surface area (TPSA) is 61.4 Å². The monoisotopic (exact) mass is 336 g/mol. The molecule has 0 aliphatic heterocycles. The van der Waals surface area contributed by atoms with Crippen LogP contribution in [0.1, 0.15) is 45.1 Å². The van der Waals surface area contributed by atoms with E-state index in [1.807, 2.05) is 0 Å². The van der Waals surface area contributed by atoms with E-state index in [0.29, 0.717) is 12.3 Å². The summed E-state index contributed by atoms with van der Waals surface area (Å²) >= 11 is 0. The lowest BCUT2D eigenvalue weighted by Gasteiger charge is -2.29. The van der Waals surface area contributed by atoms with Gasteiger partial charge in [-0.2, -0.15) is 0 Å². The van der Waals surface area contributed by atoms with Gasteiger partial charge in [0, 0.05) is 18.7 Å². The second-order valence-corrected chi connectivity index (χ2v) is 7.20. The zero-order valence-corrected chi connectivity index (χ0v) is 14.6. The van der Waals surface area contributed by atoms with E-state index >= 15 is 0 Å². The van der Waals surface area contributed by atoms with Gasteiger partial charge < -0.3 is 15.7 Å². The Labute approximate surface area is 143 Å². The van der Waals surface area contributed by atoms with E-state index in [0.717, 1.165) is 31.2 Å². The third kappa shape index (κ3) is 5.78. The zero-order valence-electron chi connectivity index (χ0n) is 14.6. The van der Waals surface area contributed by atoms with Crippen LogP contribution in [0.25, 0.3) is 0 Å². The quantitative estimate of drug-likeness (QED) is 0.747. The maximum Gasteiger partial charge on any atom is 0.315 e. The van der Waals surface area contributed by atoms with Gasteiger partial charge in [-0.3, -0.25) is 0 Å². The smallest absolute Gasteiger partial charge is 0.315 e. The molecule has 1 aromatic rings. The van der Waals surface area contributed by atoms with Gasteiger partial charge in [0.2, 0.25) is 0 Å². The number of urea groups is 1. The van der Waals surface area contributed by atoms with Crippen molar-refractivity contribution in [3.8, 4) is 0 Å². The molecule has 3 N–H and O–H groups in total. The molecule has 1 aliphatic rings. The third-order valence-electron chi connectivity index (χ3n) is 4.93. The van der Waals surface area contributed by atoms with Gasteiger partial charge in [0.25, 0.3) is 0 Å². The fourth-order valence-corrected chi connectivity index (χ4v) is 3.21. The summed E-state index contributed by atoms with van der Waals surface area (Å²) in [6.45, 7) is 4.38. The van der Waals surface area contributed by atoms with Crippen LogP contribution in [0.2, 0.25) is 0 Å². The summed E-state index contributed by atoms with van der Waals surface area (Å²) in [7, 11) is 0. The first kappa shape index (κ1) is 18.7. The molecule has 0 spiro atoms. The lowest BCUT2D eigenvalue weighted by Crippen LogP contribution is -2.49. The summed E-state index contributed by atoms with van der Waals surface area (Å²) in [5.41, 5.74) is 1.01. The van der Waals surface area contributed by atoms with E-state index in [4.69, 9.17) is 0 Å². The van der Waals surface area contributed by atoms with Crippen LogP contribution >= 0.6 is 0 Å². The van der Waals surface area contributed by atoms with E-state index in [2.05, 4.69) is 24.5 Å². The van der Waals surface area contributed by atoms with Crippen LogP contribution in [0.4, 0.5) is 9.18 Å². The highest BCUT2D eigenvalue weighted by Gasteiger charge is 2.23. The number of hydrogen-bond acceptors (Lipinski definition) is 2. The largest absolute Gasteiger partial charge is 0.396 e. The molecule has 1 atom stereocenters. The van der Waals surface area contributed by atoms with Crippen LogP contribution in [0.3, 0.4) is 0 Å². The number of rotatable bonds is 6. The minimum absolute atomic E-state index is 0.00393. The first-order valence-corrected chi connectivity index (χ1v) is 8.90. The molecule has 0 saturated heterocycles. The number of carbonyl (C=O) groups excluding carboxylic acids is 1. The molecule has 1 fully saturated rings. The number of aliphatic hydroxyl groups is 1. The molecule has 0 radical (unpaired) electrons. The minimum Gasteiger partial charge on any atom is -0.396 e. The lowest BCUT2D eigenvalue weighted by molar-refractivity contribution is 0.173. The average Bonchev–Trinajstić information content (AvgIpc) is 2.56. The fraction of sp³-hybridized carbons (Fsp3) is 0.632. The van der Waals surface area contributed by atoms with Crippen molar-refractivity contribution in [3.05, 3.63) is 35.6 Å². The predicted molar refractivity (Wildman–Crippen MR) is 93.2 cm³/mol. The summed E-state index contributed by atoms with van der Waals surface area (Å²) in [5, 5.41) is 15.3. The van der Waals surface area contributed by atoms with Gasteiger partial charge >= 0.3 is 6.03 Å². The highest BCUT2D eigenvalue weighted by molar-refractivity contribution is 5.74. The van der Waals surface area contributed by atoms with Gasteiger partial charge in [-0.1, -0.05) is 26.0 Å². The molecule has 0 heterocycles. The van der Waals surface area contributed by atoms with Crippen LogP contribution in [0, 0.1) is 17.7 Å². The summed E-state index contributed by atoms with van der Waals surface area (Å²) in [5.74, 6) is 0.419. The molecule has 24 heavy (non-hydrogen) atoms. The van der Waals surface area contributed by atoms with Crippen molar-refractivity contribution in [1.29, 1.82) is 0 Å². The molecule has 0 bridgehead atoms. The van der Waals surface area contributed by atoms with Gasteiger partial charge in [0.1, 0.15) is 5.82 Å². The van der Waals surface area contributed by atoms with Crippen LogP contribution in [-0.4, -0.2) is 29.8 Å². The maximum atomic E-state index is 13.0. The highest BCUT2D eigenvalue weighted by atomic mass is 19.1. The fourth-order valence-electron chi connectivity index (χ4n) is 3.21. The van der Waals surface area contributed by atoms with Gasteiger partial charge in [-0.25, -0.2) is 9.18 Å². The first-order chi connectivity index (χ1) is 11.5. The molecule has 2 rings (SSSR count). The molecule has 1 unspecified atom stereocenters. The summed E-state index contributed by atoms with van der Waals surface area (Å²) in [6.07, 6.45) is 4.45. The Hall–Kier alpha value is -1.62. The summed E-state index contributed by atoms with van der Waals surface area (Å²) < 4.78 is 13.0. The molecular weight excluding hydrogens is 307 g/mol. The Morgan fingerprint density at radius 2 is 1.83 bits per heavy atom. The molecule has 4 nitrogen and oxygen atoms in total. The van der Waals surface area contributed by atoms with Crippen LogP contribution in [0.15, 0.2) is 24.3 Å². The van der Waals surface area contributed by atoms with Crippen molar-refractivity contribution in [1.82, 2.24) is 10.6 Å². The molecule has 0 aromatic heterocycles. The van der Waals surface area contributed by atoms with E-state index in [-0.39, 0.29) is 36.5 Å². The normalized spacial score (nSPS) is 22.2. The van der Waals surface area contributed by atoms with Gasteiger partial charge in [-0.05, 0) is 61.6 Å². The number of hydrogen-bond donors (Lipinski definition) is 3. The molecular formula is C19H29FN2O2. The van der Waals surface area contributed by atoms with Crippen LogP contribution in [0.5, 0.6) is 0 Å². The van der Waals surface area contributed by atoms with E-state index in [1.165, 1.54) is 12.1 Å². The molecule has 5 heteroatoms. The van der Waals surface area contributed by atoms with E-state index in [1.54, 1.807) is 12.1 Å². The van der Waals surface area contributed by atoms with Crippen molar-refractivity contribution in [2.45, 2.75) is 58.0 Å². The Morgan fingerprint density at radius 1 is 1.21 bits per heavy atom. The Bertz CT molecular complexity index is 511. The zero-order chi connectivity index (χ0) is 17.5. The number of carbonyl (C=O) groups is 1. The second kappa shape index (κ2) is 9.02. The number of nitrogens with one attached hydrogen (secondary N) is 2. The number of amides is 2. The van der Waals surface area contributed by atoms with E-state index in [9.17, 15) is 14.3 Å². The minimum atomic E-state index is -0.246. The SMILES string of the molecule is CC(C)C(Cc1ccc(F)cc1)NC(=O)NC1CCC(CO)CC1. The van der Waals surface area contributed by atoms with Crippen LogP contribution < -0.4 is 10.6 Å². The van der Waals surface area contributed by atoms with Crippen molar-refractivity contribution in [2.24, 2.45) is 11.8 Å². The average molecular weight is 336 g/mol. The second-order valence-electron chi connectivity index (χ2n) is 7.20. The Morgan fingerprint density at radius 3 is 2.38 bits per heavy atom. The highest BCUT2D eigenvalue weighted by Crippen LogP contribution is 2.23. The standard InChI is InChI=1S/C19H29FN2O2/c1-13(2)18(11-14-3-7-16(20)8-4-14)22-19(24)21-17-9-5-15(12-23)6-10-17/h3-4,7-8,13,15,17-18,23H,5-6,9-12H2,1-2H3,(H2,21,22,24). The number of benzene rings is 1. The summed E-state index contributed by atoms with van der Waals surface area (Å²) in [6, 6.07) is 6.48. The van der Waals surface area contributed by atoms with Crippen LogP contribution in [-0.2, 0) is 6.42 Å². The van der Waals surface area contributed by atoms with Crippen molar-refractivity contribution >= 4 is 6.03 Å². The van der Waals surface area contributed by atoms with Crippen molar-refractivity contribution in [3.63, 3.8) is 0 Å². The number of halogens is 1. The maximum absolute atomic E-state index is 13.0. The van der Waals surface area contributed by atoms with E-state index < -0.39 is 0 Å². The summed E-state index contributed by atoms with van der Waals surface area (Å²) in [4.78, 5) is 12.3. The molecule has 1 aliphatic carbocycles. The number of aliphatic hydroxyl groups excluding tert-OH is 1. The van der Waals surface area contributed by atoms with Gasteiger partial charge in [0.05, 0.1) is 0 Å². The van der Waals surface area contributed by atoms with Gasteiger partial charge in [0.15, 0.2) is 0 Å². The Balaban J connectivity index is 1.83. The van der Waals surface area contributed by atoms with Gasteiger partial charge in [-0.15, -0.1) is 0 Å². The molecule has 1 aromatic carbocycles. The predicted octanol–water partition coefficient (Wildman–Crippen LogP) is 3.24. The van der Waals surface area contributed by atoms with Crippen molar-refractivity contribution in [2.75, 3.05) is 6.61 Å². The molecule has 134 valence electrons. The Kier molecular flexibility index (Phi) is 7.03. The third-order valence-corrected chi connectivity index (χ3v) is 4.93. The first-order valence-electron chi connectivity index (χ1n) is 8.90. The lowest BCUT2D eigenvalue weighted by atomic mass is 9.86.